The molecule has 0 bridgehead atoms. The van der Waals surface area contributed by atoms with Gasteiger partial charge < -0.3 is 4.90 Å². The SMILES string of the molecule is CC[NH+](CC)CCCNS(=O)(=O)c1ccc(C)cc1. The van der Waals surface area contributed by atoms with E-state index in [4.69, 9.17) is 0 Å². The van der Waals surface area contributed by atoms with E-state index in [2.05, 4.69) is 18.6 Å². The van der Waals surface area contributed by atoms with Gasteiger partial charge in [0.25, 0.3) is 0 Å². The van der Waals surface area contributed by atoms with Gasteiger partial charge in [0.2, 0.25) is 10.0 Å². The molecule has 5 heteroatoms. The second-order valence-corrected chi connectivity index (χ2v) is 6.54. The molecule has 0 amide bonds. The third-order valence-corrected chi connectivity index (χ3v) is 4.81. The Balaban J connectivity index is 2.45. The Labute approximate surface area is 116 Å². The summed E-state index contributed by atoms with van der Waals surface area (Å²) in [5, 5.41) is 0. The molecule has 1 rings (SSSR count). The number of aryl methyl sites for hydroxylation is 1. The first-order valence-electron chi connectivity index (χ1n) is 6.89. The van der Waals surface area contributed by atoms with Crippen LogP contribution in [0.3, 0.4) is 0 Å². The molecule has 0 saturated heterocycles. The molecule has 2 N–H and O–H groups in total. The van der Waals surface area contributed by atoms with Crippen LogP contribution in [-0.2, 0) is 10.0 Å². The summed E-state index contributed by atoms with van der Waals surface area (Å²) in [6.07, 6.45) is 0.863. The van der Waals surface area contributed by atoms with E-state index in [1.165, 1.54) is 4.90 Å². The number of sulfonamides is 1. The van der Waals surface area contributed by atoms with E-state index in [9.17, 15) is 8.42 Å². The van der Waals surface area contributed by atoms with Crippen LogP contribution < -0.4 is 9.62 Å². The van der Waals surface area contributed by atoms with E-state index < -0.39 is 10.0 Å². The van der Waals surface area contributed by atoms with Gasteiger partial charge in [0, 0.05) is 13.0 Å². The standard InChI is InChI=1S/C14H24N2O2S/c1-4-16(5-2)12-6-11-15-19(17,18)14-9-7-13(3)8-10-14/h7-10,15H,4-6,11-12H2,1-3H3/p+1. The number of rotatable bonds is 8. The minimum Gasteiger partial charge on any atom is -0.335 e. The zero-order chi connectivity index (χ0) is 14.3. The smallest absolute Gasteiger partial charge is 0.240 e. The lowest BCUT2D eigenvalue weighted by Crippen LogP contribution is -3.11. The molecule has 0 aliphatic carbocycles. The van der Waals surface area contributed by atoms with Gasteiger partial charge in [-0.25, -0.2) is 13.1 Å². The van der Waals surface area contributed by atoms with E-state index in [0.29, 0.717) is 11.4 Å². The van der Waals surface area contributed by atoms with Crippen LogP contribution in [0.2, 0.25) is 0 Å². The molecule has 0 heterocycles. The maximum Gasteiger partial charge on any atom is 0.240 e. The largest absolute Gasteiger partial charge is 0.335 e. The number of benzene rings is 1. The molecule has 0 aliphatic rings. The summed E-state index contributed by atoms with van der Waals surface area (Å²) >= 11 is 0. The molecule has 0 spiro atoms. The minimum atomic E-state index is -3.35. The number of nitrogens with one attached hydrogen (secondary N) is 2. The maximum atomic E-state index is 12.0. The summed E-state index contributed by atoms with van der Waals surface area (Å²) in [5.41, 5.74) is 1.06. The Hall–Kier alpha value is -0.910. The average molecular weight is 285 g/mol. The summed E-state index contributed by atoms with van der Waals surface area (Å²) in [7, 11) is -3.35. The average Bonchev–Trinajstić information content (AvgIpc) is 2.39. The van der Waals surface area contributed by atoms with Crippen LogP contribution in [-0.4, -0.2) is 34.6 Å². The van der Waals surface area contributed by atoms with Crippen LogP contribution in [0.5, 0.6) is 0 Å². The molecular formula is C14H25N2O2S+. The first-order valence-corrected chi connectivity index (χ1v) is 8.37. The van der Waals surface area contributed by atoms with Crippen molar-refractivity contribution in [2.75, 3.05) is 26.2 Å². The summed E-state index contributed by atoms with van der Waals surface area (Å²) in [5.74, 6) is 0. The summed E-state index contributed by atoms with van der Waals surface area (Å²) < 4.78 is 26.7. The fourth-order valence-electron chi connectivity index (χ4n) is 1.95. The fourth-order valence-corrected chi connectivity index (χ4v) is 3.02. The Morgan fingerprint density at radius 2 is 1.68 bits per heavy atom. The predicted octanol–water partition coefficient (Wildman–Crippen LogP) is 0.588. The van der Waals surface area contributed by atoms with Gasteiger partial charge in [-0.05, 0) is 32.9 Å². The van der Waals surface area contributed by atoms with Crippen molar-refractivity contribution in [2.24, 2.45) is 0 Å². The van der Waals surface area contributed by atoms with Crippen LogP contribution in [0.1, 0.15) is 25.8 Å². The molecule has 0 aliphatic heterocycles. The molecule has 1 aromatic rings. The van der Waals surface area contributed by atoms with Crippen molar-refractivity contribution in [3.05, 3.63) is 29.8 Å². The van der Waals surface area contributed by atoms with Crippen molar-refractivity contribution < 1.29 is 13.3 Å². The lowest BCUT2D eigenvalue weighted by molar-refractivity contribution is -0.896. The molecule has 0 saturated carbocycles. The molecule has 0 aromatic heterocycles. The summed E-state index contributed by atoms with van der Waals surface area (Å²) in [6, 6.07) is 6.92. The quantitative estimate of drug-likeness (QED) is 0.687. The van der Waals surface area contributed by atoms with Crippen molar-refractivity contribution in [3.8, 4) is 0 Å². The summed E-state index contributed by atoms with van der Waals surface area (Å²) in [4.78, 5) is 1.84. The minimum absolute atomic E-state index is 0.341. The van der Waals surface area contributed by atoms with Crippen LogP contribution in [0.4, 0.5) is 0 Å². The van der Waals surface area contributed by atoms with Crippen molar-refractivity contribution in [3.63, 3.8) is 0 Å². The third kappa shape index (κ3) is 5.30. The zero-order valence-electron chi connectivity index (χ0n) is 12.1. The highest BCUT2D eigenvalue weighted by molar-refractivity contribution is 7.89. The topological polar surface area (TPSA) is 50.6 Å². The Bertz CT molecular complexity index is 465. The van der Waals surface area contributed by atoms with Gasteiger partial charge in [0.05, 0.1) is 24.5 Å². The van der Waals surface area contributed by atoms with Gasteiger partial charge in [-0.3, -0.25) is 0 Å². The van der Waals surface area contributed by atoms with Crippen LogP contribution in [0.15, 0.2) is 29.2 Å². The van der Waals surface area contributed by atoms with E-state index >= 15 is 0 Å². The van der Waals surface area contributed by atoms with Crippen LogP contribution in [0, 0.1) is 6.92 Å². The van der Waals surface area contributed by atoms with E-state index in [1.54, 1.807) is 12.1 Å². The van der Waals surface area contributed by atoms with Gasteiger partial charge in [-0.15, -0.1) is 0 Å². The number of quaternary nitrogens is 1. The van der Waals surface area contributed by atoms with Crippen LogP contribution >= 0.6 is 0 Å². The monoisotopic (exact) mass is 285 g/mol. The lowest BCUT2D eigenvalue weighted by Gasteiger charge is -2.15. The van der Waals surface area contributed by atoms with Gasteiger partial charge in [0.15, 0.2) is 0 Å². The Morgan fingerprint density at radius 3 is 2.21 bits per heavy atom. The first-order chi connectivity index (χ1) is 8.99. The molecule has 0 radical (unpaired) electrons. The molecule has 4 nitrogen and oxygen atoms in total. The van der Waals surface area contributed by atoms with Gasteiger partial charge >= 0.3 is 0 Å². The van der Waals surface area contributed by atoms with E-state index in [-0.39, 0.29) is 0 Å². The molecule has 108 valence electrons. The maximum absolute atomic E-state index is 12.0. The predicted molar refractivity (Wildman–Crippen MR) is 77.9 cm³/mol. The Kier molecular flexibility index (Phi) is 6.48. The number of hydrogen-bond acceptors (Lipinski definition) is 2. The van der Waals surface area contributed by atoms with Crippen molar-refractivity contribution in [2.45, 2.75) is 32.1 Å². The third-order valence-electron chi connectivity index (χ3n) is 3.33. The van der Waals surface area contributed by atoms with Crippen molar-refractivity contribution >= 4 is 10.0 Å². The van der Waals surface area contributed by atoms with Crippen molar-refractivity contribution in [1.82, 2.24) is 4.72 Å². The first kappa shape index (κ1) is 16.1. The number of hydrogen-bond donors (Lipinski definition) is 2. The second kappa shape index (κ2) is 7.62. The molecule has 1 aromatic carbocycles. The highest BCUT2D eigenvalue weighted by Crippen LogP contribution is 2.09. The van der Waals surface area contributed by atoms with Crippen molar-refractivity contribution in [1.29, 1.82) is 0 Å². The van der Waals surface area contributed by atoms with Gasteiger partial charge in [-0.1, -0.05) is 17.7 Å². The highest BCUT2D eigenvalue weighted by Gasteiger charge is 2.13. The second-order valence-electron chi connectivity index (χ2n) is 4.77. The molecule has 0 atom stereocenters. The van der Waals surface area contributed by atoms with E-state index in [0.717, 1.165) is 31.6 Å². The zero-order valence-corrected chi connectivity index (χ0v) is 12.9. The molecule has 0 unspecified atom stereocenters. The van der Waals surface area contributed by atoms with Crippen LogP contribution in [0.25, 0.3) is 0 Å². The normalized spacial score (nSPS) is 12.0. The lowest BCUT2D eigenvalue weighted by atomic mass is 10.2. The van der Waals surface area contributed by atoms with Gasteiger partial charge in [-0.2, -0.15) is 0 Å². The molecular weight excluding hydrogens is 260 g/mol. The fraction of sp³-hybridized carbons (Fsp3) is 0.571. The molecule has 0 fully saturated rings. The van der Waals surface area contributed by atoms with E-state index in [1.807, 2.05) is 19.1 Å². The van der Waals surface area contributed by atoms with Gasteiger partial charge in [0.1, 0.15) is 0 Å². The molecule has 19 heavy (non-hydrogen) atoms. The summed E-state index contributed by atoms with van der Waals surface area (Å²) in [6.45, 7) is 9.91. The highest BCUT2D eigenvalue weighted by atomic mass is 32.2. The Morgan fingerprint density at radius 1 is 1.11 bits per heavy atom.